The Hall–Kier alpha value is -1.56. The largest absolute Gasteiger partial charge is 0.481 e. The Labute approximate surface area is 213 Å². The molecule has 0 aromatic rings. The van der Waals surface area contributed by atoms with Crippen LogP contribution in [0.15, 0.2) is 11.6 Å². The van der Waals surface area contributed by atoms with E-state index in [0.717, 1.165) is 32.1 Å². The van der Waals surface area contributed by atoms with Crippen LogP contribution >= 0.6 is 0 Å². The fourth-order valence-corrected chi connectivity index (χ4v) is 4.29. The lowest BCUT2D eigenvalue weighted by molar-refractivity contribution is -0.173. The van der Waals surface area contributed by atoms with Gasteiger partial charge in [0.15, 0.2) is 0 Å². The minimum atomic E-state index is -1.22. The second-order valence-electron chi connectivity index (χ2n) is 10.1. The molecule has 1 unspecified atom stereocenters. The van der Waals surface area contributed by atoms with Crippen molar-refractivity contribution in [2.75, 3.05) is 13.2 Å². The Morgan fingerprint density at radius 3 is 2.22 bits per heavy atom. The zero-order valence-corrected chi connectivity index (χ0v) is 21.8. The molecule has 210 valence electrons. The third-order valence-corrected chi connectivity index (χ3v) is 6.89. The maximum absolute atomic E-state index is 12.0. The van der Waals surface area contributed by atoms with E-state index in [9.17, 15) is 35.1 Å². The predicted octanol–water partition coefficient (Wildman–Crippen LogP) is 1.55. The first kappa shape index (κ1) is 32.5. The highest BCUT2D eigenvalue weighted by Gasteiger charge is 2.40. The molecule has 0 aromatic heterocycles. The third kappa shape index (κ3) is 12.1. The van der Waals surface area contributed by atoms with Crippen molar-refractivity contribution in [3.63, 3.8) is 0 Å². The molecule has 1 aliphatic rings. The number of carbonyl (C=O) groups is 2. The molecule has 10 nitrogen and oxygen atoms in total. The Balaban J connectivity index is 2.34. The number of carbonyl (C=O) groups excluding carboxylic acids is 1. The van der Waals surface area contributed by atoms with Gasteiger partial charge in [-0.25, -0.2) is 4.79 Å². The Morgan fingerprint density at radius 2 is 1.61 bits per heavy atom. The summed E-state index contributed by atoms with van der Waals surface area (Å²) in [6.45, 7) is 5.22. The summed E-state index contributed by atoms with van der Waals surface area (Å²) < 4.78 is 10.9. The van der Waals surface area contributed by atoms with Crippen LogP contribution in [-0.2, 0) is 19.1 Å². The molecule has 10 heteroatoms. The second-order valence-corrected chi connectivity index (χ2v) is 10.1. The number of carboxylic acid groups (broad SMARTS) is 1. The Morgan fingerprint density at radius 1 is 1.00 bits per heavy atom. The van der Waals surface area contributed by atoms with Gasteiger partial charge < -0.3 is 40.1 Å². The van der Waals surface area contributed by atoms with E-state index in [2.05, 4.69) is 0 Å². The zero-order valence-electron chi connectivity index (χ0n) is 21.8. The molecule has 0 aromatic carbocycles. The fraction of sp³-hybridized carbons (Fsp3) is 0.846. The molecule has 6 N–H and O–H groups in total. The van der Waals surface area contributed by atoms with Crippen LogP contribution in [0.25, 0.3) is 0 Å². The number of aliphatic hydroxyl groups excluding tert-OH is 5. The molecule has 0 bridgehead atoms. The van der Waals surface area contributed by atoms with Crippen molar-refractivity contribution in [2.45, 2.75) is 115 Å². The summed E-state index contributed by atoms with van der Waals surface area (Å²) in [7, 11) is 0. The predicted molar refractivity (Wildman–Crippen MR) is 132 cm³/mol. The van der Waals surface area contributed by atoms with Gasteiger partial charge >= 0.3 is 11.9 Å². The number of esters is 1. The lowest BCUT2D eigenvalue weighted by Gasteiger charge is -2.39. The number of rotatable bonds is 17. The Kier molecular flexibility index (Phi) is 15.4. The first-order valence-electron chi connectivity index (χ1n) is 13.0. The van der Waals surface area contributed by atoms with Crippen LogP contribution in [0.4, 0.5) is 0 Å². The molecule has 1 aliphatic heterocycles. The summed E-state index contributed by atoms with van der Waals surface area (Å²) >= 11 is 0. The molecule has 8 atom stereocenters. The highest BCUT2D eigenvalue weighted by Crippen LogP contribution is 2.29. The van der Waals surface area contributed by atoms with Crippen molar-refractivity contribution in [1.29, 1.82) is 0 Å². The van der Waals surface area contributed by atoms with Crippen LogP contribution in [0.3, 0.4) is 0 Å². The number of hydrogen-bond acceptors (Lipinski definition) is 9. The van der Waals surface area contributed by atoms with Crippen molar-refractivity contribution in [3.8, 4) is 0 Å². The van der Waals surface area contributed by atoms with Crippen molar-refractivity contribution in [3.05, 3.63) is 11.6 Å². The summed E-state index contributed by atoms with van der Waals surface area (Å²) in [6, 6.07) is 0. The topological polar surface area (TPSA) is 174 Å². The second kappa shape index (κ2) is 17.0. The standard InChI is InChI=1S/C26H46O10/c1-16(13-23(31)35-11-9-7-5-4-6-8-10-22(29)30)12-21-26(34)25(33)19(15-36-21)14-20(28)24(32)17(2)18(3)27/h13,17-21,24-28,32-34H,4-12,14-15H2,1-3H3,(H,29,30)/b16-13+/t17-,18-,19-,20-,21-,24?,25+,26-/m0/s1. The highest BCUT2D eigenvalue weighted by molar-refractivity contribution is 5.82. The highest BCUT2D eigenvalue weighted by atomic mass is 16.5. The van der Waals surface area contributed by atoms with Gasteiger partial charge in [-0.05, 0) is 39.5 Å². The van der Waals surface area contributed by atoms with Crippen molar-refractivity contribution < 1.29 is 49.7 Å². The molecule has 0 saturated carbocycles. The van der Waals surface area contributed by atoms with Crippen LogP contribution in [0, 0.1) is 11.8 Å². The summed E-state index contributed by atoms with van der Waals surface area (Å²) in [6.07, 6.45) is 0.590. The van der Waals surface area contributed by atoms with Crippen LogP contribution in [0.1, 0.15) is 78.6 Å². The van der Waals surface area contributed by atoms with E-state index >= 15 is 0 Å². The molecule has 1 heterocycles. The van der Waals surface area contributed by atoms with E-state index in [1.54, 1.807) is 13.8 Å². The van der Waals surface area contributed by atoms with Crippen molar-refractivity contribution in [1.82, 2.24) is 0 Å². The number of ether oxygens (including phenoxy) is 2. The van der Waals surface area contributed by atoms with Gasteiger partial charge in [0.1, 0.15) is 6.10 Å². The van der Waals surface area contributed by atoms with Gasteiger partial charge in [-0.2, -0.15) is 0 Å². The summed E-state index contributed by atoms with van der Waals surface area (Å²) in [4.78, 5) is 22.5. The molecule has 1 fully saturated rings. The van der Waals surface area contributed by atoms with E-state index in [0.29, 0.717) is 18.6 Å². The number of unbranched alkanes of at least 4 members (excludes halogenated alkanes) is 5. The van der Waals surface area contributed by atoms with E-state index in [1.807, 2.05) is 0 Å². The molecule has 0 spiro atoms. The lowest BCUT2D eigenvalue weighted by Crippen LogP contribution is -2.51. The minimum Gasteiger partial charge on any atom is -0.481 e. The van der Waals surface area contributed by atoms with E-state index < -0.39 is 60.4 Å². The number of aliphatic hydroxyl groups is 5. The van der Waals surface area contributed by atoms with E-state index in [-0.39, 0.29) is 25.9 Å². The van der Waals surface area contributed by atoms with Crippen LogP contribution in [0.5, 0.6) is 0 Å². The molecule has 36 heavy (non-hydrogen) atoms. The molecule has 0 aliphatic carbocycles. The van der Waals surface area contributed by atoms with Gasteiger partial charge in [0.2, 0.25) is 0 Å². The number of hydrogen-bond donors (Lipinski definition) is 6. The van der Waals surface area contributed by atoms with E-state index in [1.165, 1.54) is 13.0 Å². The summed E-state index contributed by atoms with van der Waals surface area (Å²) in [5.74, 6) is -2.40. The first-order valence-corrected chi connectivity index (χ1v) is 13.0. The van der Waals surface area contributed by atoms with Crippen LogP contribution in [-0.4, -0.2) is 92.4 Å². The quantitative estimate of drug-likeness (QED) is 0.0941. The summed E-state index contributed by atoms with van der Waals surface area (Å²) in [5, 5.41) is 59.7. The van der Waals surface area contributed by atoms with Gasteiger partial charge in [-0.15, -0.1) is 0 Å². The maximum atomic E-state index is 12.0. The Bertz CT molecular complexity index is 680. The molecule has 0 amide bonds. The molecule has 1 saturated heterocycles. The van der Waals surface area contributed by atoms with Gasteiger partial charge in [0.05, 0.1) is 43.7 Å². The number of carboxylic acids is 1. The summed E-state index contributed by atoms with van der Waals surface area (Å²) in [5.41, 5.74) is 0.634. The molecule has 0 radical (unpaired) electrons. The molecule has 1 rings (SSSR count). The maximum Gasteiger partial charge on any atom is 0.330 e. The average Bonchev–Trinajstić information content (AvgIpc) is 2.81. The monoisotopic (exact) mass is 518 g/mol. The van der Waals surface area contributed by atoms with Gasteiger partial charge in [-0.1, -0.05) is 38.2 Å². The van der Waals surface area contributed by atoms with Crippen molar-refractivity contribution >= 4 is 11.9 Å². The van der Waals surface area contributed by atoms with Gasteiger partial charge in [-0.3, -0.25) is 4.79 Å². The van der Waals surface area contributed by atoms with Gasteiger partial charge in [0.25, 0.3) is 0 Å². The minimum absolute atomic E-state index is 0.00660. The van der Waals surface area contributed by atoms with Crippen LogP contribution < -0.4 is 0 Å². The average molecular weight is 519 g/mol. The molecular weight excluding hydrogens is 472 g/mol. The van der Waals surface area contributed by atoms with Crippen molar-refractivity contribution in [2.24, 2.45) is 11.8 Å². The molecular formula is C26H46O10. The fourth-order valence-electron chi connectivity index (χ4n) is 4.29. The lowest BCUT2D eigenvalue weighted by atomic mass is 9.83. The normalized spacial score (nSPS) is 26.2. The first-order chi connectivity index (χ1) is 16.9. The van der Waals surface area contributed by atoms with E-state index in [4.69, 9.17) is 14.6 Å². The smallest absolute Gasteiger partial charge is 0.330 e. The SMILES string of the molecule is C/C(=C\C(=O)OCCCCCCCCC(=O)O)C[C@@H]1OC[C@H](C[C@H](O)C(O)[C@@H](C)[C@H](C)O)[C@@H](O)[C@H]1O. The van der Waals surface area contributed by atoms with Crippen LogP contribution in [0.2, 0.25) is 0 Å². The third-order valence-electron chi connectivity index (χ3n) is 6.89. The zero-order chi connectivity index (χ0) is 27.3. The van der Waals surface area contributed by atoms with Gasteiger partial charge in [0, 0.05) is 24.3 Å². The number of aliphatic carboxylic acids is 1.